The number of benzene rings is 2. The number of aromatic nitrogens is 2. The molecule has 0 aliphatic heterocycles. The largest absolute Gasteiger partial charge is 0.326 e. The molecular weight excluding hydrogens is 364 g/mol. The van der Waals surface area contributed by atoms with Crippen molar-refractivity contribution in [2.45, 2.75) is 20.3 Å². The van der Waals surface area contributed by atoms with Crippen molar-refractivity contribution >= 4 is 34.9 Å². The monoisotopic (exact) mass is 382 g/mol. The third kappa shape index (κ3) is 4.95. The Hall–Kier alpha value is -3.12. The number of hydrogen-bond acceptors (Lipinski definition) is 3. The lowest BCUT2D eigenvalue weighted by Gasteiger charge is -2.09. The zero-order valence-electron chi connectivity index (χ0n) is 15.0. The van der Waals surface area contributed by atoms with Crippen LogP contribution >= 0.6 is 11.6 Å². The first kappa shape index (κ1) is 18.7. The molecule has 2 N–H and O–H groups in total. The summed E-state index contributed by atoms with van der Waals surface area (Å²) in [6.07, 6.45) is 0.213. The zero-order valence-corrected chi connectivity index (χ0v) is 15.7. The fourth-order valence-electron chi connectivity index (χ4n) is 2.65. The van der Waals surface area contributed by atoms with Crippen molar-refractivity contribution in [1.82, 2.24) is 9.78 Å². The van der Waals surface area contributed by atoms with Gasteiger partial charge in [0.2, 0.25) is 11.8 Å². The summed E-state index contributed by atoms with van der Waals surface area (Å²) in [5.41, 5.74) is 3.14. The van der Waals surface area contributed by atoms with Gasteiger partial charge in [0.1, 0.15) is 5.82 Å². The maximum Gasteiger partial charge on any atom is 0.229 e. The molecule has 3 aromatic rings. The highest BCUT2D eigenvalue weighted by Crippen LogP contribution is 2.19. The molecule has 1 heterocycles. The molecule has 1 aromatic heterocycles. The number of aryl methyl sites for hydroxylation is 1. The number of halogens is 1. The fraction of sp³-hybridized carbons (Fsp3) is 0.150. The molecule has 27 heavy (non-hydrogen) atoms. The molecule has 0 bridgehead atoms. The van der Waals surface area contributed by atoms with Gasteiger partial charge >= 0.3 is 0 Å². The lowest BCUT2D eigenvalue weighted by atomic mass is 10.1. The van der Waals surface area contributed by atoms with Crippen LogP contribution in [-0.2, 0) is 16.0 Å². The molecule has 0 fully saturated rings. The molecule has 0 saturated heterocycles. The molecule has 2 amide bonds. The van der Waals surface area contributed by atoms with E-state index in [0.717, 1.165) is 16.9 Å². The van der Waals surface area contributed by atoms with Crippen LogP contribution in [0.2, 0.25) is 5.02 Å². The number of rotatable bonds is 5. The smallest absolute Gasteiger partial charge is 0.229 e. The molecule has 3 rings (SSSR count). The van der Waals surface area contributed by atoms with Gasteiger partial charge in [-0.2, -0.15) is 5.10 Å². The van der Waals surface area contributed by atoms with Crippen molar-refractivity contribution in [3.8, 4) is 5.69 Å². The van der Waals surface area contributed by atoms with Gasteiger partial charge in [-0.05, 0) is 48.9 Å². The van der Waals surface area contributed by atoms with E-state index >= 15 is 0 Å². The summed E-state index contributed by atoms with van der Waals surface area (Å²) in [6, 6.07) is 16.2. The quantitative estimate of drug-likeness (QED) is 0.700. The van der Waals surface area contributed by atoms with Crippen molar-refractivity contribution in [2.24, 2.45) is 0 Å². The number of carbonyl (C=O) groups excluding carboxylic acids is 2. The minimum atomic E-state index is -0.155. The first-order valence-corrected chi connectivity index (χ1v) is 8.77. The van der Waals surface area contributed by atoms with Gasteiger partial charge in [0.15, 0.2) is 0 Å². The summed E-state index contributed by atoms with van der Waals surface area (Å²) >= 11 is 5.94. The van der Waals surface area contributed by atoms with Crippen LogP contribution in [0.1, 0.15) is 18.2 Å². The number of hydrogen-bond donors (Lipinski definition) is 2. The van der Waals surface area contributed by atoms with Gasteiger partial charge in [-0.15, -0.1) is 0 Å². The Labute approximate surface area is 162 Å². The number of nitrogens with zero attached hydrogens (tertiary/aromatic N) is 2. The molecule has 0 radical (unpaired) electrons. The van der Waals surface area contributed by atoms with E-state index in [4.69, 9.17) is 11.6 Å². The average molecular weight is 383 g/mol. The van der Waals surface area contributed by atoms with Crippen molar-refractivity contribution in [3.63, 3.8) is 0 Å². The van der Waals surface area contributed by atoms with E-state index in [2.05, 4.69) is 15.7 Å². The zero-order chi connectivity index (χ0) is 19.4. The van der Waals surface area contributed by atoms with Crippen molar-refractivity contribution in [3.05, 3.63) is 70.9 Å². The predicted molar refractivity (Wildman–Crippen MR) is 106 cm³/mol. The first-order chi connectivity index (χ1) is 12.9. The van der Waals surface area contributed by atoms with Crippen LogP contribution in [0.25, 0.3) is 5.69 Å². The van der Waals surface area contributed by atoms with E-state index in [1.807, 2.05) is 37.3 Å². The molecule has 0 aliphatic rings. The van der Waals surface area contributed by atoms with E-state index in [-0.39, 0.29) is 18.2 Å². The molecular formula is C20H19ClN4O2. The average Bonchev–Trinajstić information content (AvgIpc) is 2.97. The van der Waals surface area contributed by atoms with Crippen molar-refractivity contribution in [1.29, 1.82) is 0 Å². The second-order valence-electron chi connectivity index (χ2n) is 6.16. The van der Waals surface area contributed by atoms with Gasteiger partial charge in [-0.3, -0.25) is 9.59 Å². The molecule has 0 spiro atoms. The van der Waals surface area contributed by atoms with E-state index in [9.17, 15) is 9.59 Å². The Balaban J connectivity index is 1.71. The third-order valence-corrected chi connectivity index (χ3v) is 4.06. The lowest BCUT2D eigenvalue weighted by Crippen LogP contribution is -2.17. The maximum atomic E-state index is 12.4. The van der Waals surface area contributed by atoms with E-state index in [0.29, 0.717) is 16.5 Å². The molecule has 2 aromatic carbocycles. The number of amides is 2. The van der Waals surface area contributed by atoms with Crippen molar-refractivity contribution in [2.75, 3.05) is 10.6 Å². The number of anilines is 2. The molecule has 6 nitrogen and oxygen atoms in total. The molecule has 0 aliphatic carbocycles. The van der Waals surface area contributed by atoms with Gasteiger partial charge in [-0.1, -0.05) is 23.7 Å². The molecule has 0 atom stereocenters. The summed E-state index contributed by atoms with van der Waals surface area (Å²) in [7, 11) is 0. The van der Waals surface area contributed by atoms with Crippen molar-refractivity contribution < 1.29 is 9.59 Å². The van der Waals surface area contributed by atoms with Crippen LogP contribution in [0.4, 0.5) is 11.5 Å². The highest BCUT2D eigenvalue weighted by Gasteiger charge is 2.12. The standard InChI is InChI=1S/C20H19ClN4O2/c1-13-11-19(25(24-13)18-9-5-16(21)6-10-18)23-20(27)12-15-3-7-17(8-4-15)22-14(2)26/h3-11H,12H2,1-2H3,(H,22,26)(H,23,27). The van der Waals surface area contributed by atoms with Crippen LogP contribution in [0.5, 0.6) is 0 Å². The van der Waals surface area contributed by atoms with Gasteiger partial charge in [0.05, 0.1) is 17.8 Å². The first-order valence-electron chi connectivity index (χ1n) is 8.40. The normalized spacial score (nSPS) is 10.5. The summed E-state index contributed by atoms with van der Waals surface area (Å²) in [5, 5.41) is 10.7. The van der Waals surface area contributed by atoms with Gasteiger partial charge in [0.25, 0.3) is 0 Å². The molecule has 0 saturated carbocycles. The minimum Gasteiger partial charge on any atom is -0.326 e. The Bertz CT molecular complexity index is 963. The topological polar surface area (TPSA) is 76.0 Å². The van der Waals surface area contributed by atoms with E-state index in [1.54, 1.807) is 28.9 Å². The second-order valence-corrected chi connectivity index (χ2v) is 6.60. The second kappa shape index (κ2) is 8.05. The van der Waals surface area contributed by atoms with Crippen LogP contribution in [0, 0.1) is 6.92 Å². The minimum absolute atomic E-state index is 0.133. The summed E-state index contributed by atoms with van der Waals surface area (Å²) in [5.74, 6) is 0.304. The number of nitrogens with one attached hydrogen (secondary N) is 2. The molecule has 7 heteroatoms. The van der Waals surface area contributed by atoms with Gasteiger partial charge in [0, 0.05) is 23.7 Å². The van der Waals surface area contributed by atoms with Crippen LogP contribution in [-0.4, -0.2) is 21.6 Å². The fourth-order valence-corrected chi connectivity index (χ4v) is 2.78. The van der Waals surface area contributed by atoms with Crippen LogP contribution in [0.3, 0.4) is 0 Å². The van der Waals surface area contributed by atoms with Crippen LogP contribution < -0.4 is 10.6 Å². The third-order valence-electron chi connectivity index (χ3n) is 3.81. The lowest BCUT2D eigenvalue weighted by molar-refractivity contribution is -0.116. The predicted octanol–water partition coefficient (Wildman–Crippen LogP) is 3.97. The van der Waals surface area contributed by atoms with Gasteiger partial charge < -0.3 is 10.6 Å². The molecule has 0 unspecified atom stereocenters. The van der Waals surface area contributed by atoms with Crippen LogP contribution in [0.15, 0.2) is 54.6 Å². The van der Waals surface area contributed by atoms with E-state index < -0.39 is 0 Å². The number of carbonyl (C=O) groups is 2. The highest BCUT2D eigenvalue weighted by molar-refractivity contribution is 6.30. The van der Waals surface area contributed by atoms with Gasteiger partial charge in [-0.25, -0.2) is 4.68 Å². The SMILES string of the molecule is CC(=O)Nc1ccc(CC(=O)Nc2cc(C)nn2-c2ccc(Cl)cc2)cc1. The Morgan fingerprint density at radius 2 is 1.70 bits per heavy atom. The maximum absolute atomic E-state index is 12.4. The summed E-state index contributed by atoms with van der Waals surface area (Å²) < 4.78 is 1.67. The molecule has 138 valence electrons. The summed E-state index contributed by atoms with van der Waals surface area (Å²) in [4.78, 5) is 23.5. The Morgan fingerprint density at radius 1 is 1.04 bits per heavy atom. The van der Waals surface area contributed by atoms with E-state index in [1.165, 1.54) is 6.92 Å². The summed E-state index contributed by atoms with van der Waals surface area (Å²) in [6.45, 7) is 3.32. The Morgan fingerprint density at radius 3 is 2.33 bits per heavy atom. The Kier molecular flexibility index (Phi) is 5.57. The highest BCUT2D eigenvalue weighted by atomic mass is 35.5.